The highest BCUT2D eigenvalue weighted by Crippen LogP contribution is 2.31. The Morgan fingerprint density at radius 1 is 1.19 bits per heavy atom. The number of carbonyl (C=O) groups is 1. The molecule has 0 N–H and O–H groups in total. The highest BCUT2D eigenvalue weighted by molar-refractivity contribution is 7.89. The first-order chi connectivity index (χ1) is 12.8. The molecule has 1 aliphatic heterocycles. The SMILES string of the molecule is CCc1cc(C(=O)N2CCN(S(=O)(=O)c3cccc(Cl)c3Cl)CC2)sc1C. The topological polar surface area (TPSA) is 57.7 Å². The van der Waals surface area contributed by atoms with E-state index in [1.807, 2.05) is 13.0 Å². The molecule has 2 heterocycles. The van der Waals surface area contributed by atoms with Gasteiger partial charge in [-0.15, -0.1) is 11.3 Å². The van der Waals surface area contributed by atoms with Crippen LogP contribution in [0.4, 0.5) is 0 Å². The van der Waals surface area contributed by atoms with Crippen LogP contribution in [0.15, 0.2) is 29.2 Å². The Morgan fingerprint density at radius 3 is 2.44 bits per heavy atom. The maximum absolute atomic E-state index is 12.9. The number of hydrogen-bond acceptors (Lipinski definition) is 4. The molecule has 0 aliphatic carbocycles. The molecule has 0 radical (unpaired) electrons. The van der Waals surface area contributed by atoms with E-state index in [2.05, 4.69) is 6.92 Å². The smallest absolute Gasteiger partial charge is 0.264 e. The second-order valence-electron chi connectivity index (χ2n) is 6.29. The van der Waals surface area contributed by atoms with Gasteiger partial charge in [-0.2, -0.15) is 4.31 Å². The van der Waals surface area contributed by atoms with E-state index in [1.165, 1.54) is 27.3 Å². The molecular formula is C18H20Cl2N2O3S2. The normalized spacial score (nSPS) is 15.9. The third kappa shape index (κ3) is 4.03. The molecule has 1 aromatic carbocycles. The van der Waals surface area contributed by atoms with Crippen molar-refractivity contribution in [1.29, 1.82) is 0 Å². The maximum Gasteiger partial charge on any atom is 0.264 e. The molecule has 1 aromatic heterocycles. The molecule has 0 spiro atoms. The molecular weight excluding hydrogens is 427 g/mol. The largest absolute Gasteiger partial charge is 0.335 e. The lowest BCUT2D eigenvalue weighted by atomic mass is 10.2. The Morgan fingerprint density at radius 2 is 1.85 bits per heavy atom. The van der Waals surface area contributed by atoms with Crippen molar-refractivity contribution in [2.24, 2.45) is 0 Å². The lowest BCUT2D eigenvalue weighted by molar-refractivity contribution is 0.0702. The summed E-state index contributed by atoms with van der Waals surface area (Å²) >= 11 is 13.5. The Balaban J connectivity index is 1.73. The minimum atomic E-state index is -3.75. The van der Waals surface area contributed by atoms with Gasteiger partial charge in [0.05, 0.1) is 14.9 Å². The van der Waals surface area contributed by atoms with Gasteiger partial charge in [-0.1, -0.05) is 36.2 Å². The minimum absolute atomic E-state index is 0.00193. The highest BCUT2D eigenvalue weighted by atomic mass is 35.5. The van der Waals surface area contributed by atoms with Gasteiger partial charge in [0.15, 0.2) is 0 Å². The van der Waals surface area contributed by atoms with Gasteiger partial charge in [0.1, 0.15) is 4.90 Å². The number of nitrogens with zero attached hydrogens (tertiary/aromatic N) is 2. The zero-order chi connectivity index (χ0) is 19.8. The van der Waals surface area contributed by atoms with E-state index in [4.69, 9.17) is 23.2 Å². The molecule has 1 amide bonds. The first-order valence-corrected chi connectivity index (χ1v) is 11.6. The van der Waals surface area contributed by atoms with E-state index >= 15 is 0 Å². The van der Waals surface area contributed by atoms with Crippen molar-refractivity contribution >= 4 is 50.5 Å². The zero-order valence-corrected chi connectivity index (χ0v) is 18.2. The summed E-state index contributed by atoms with van der Waals surface area (Å²) in [6, 6.07) is 6.50. The summed E-state index contributed by atoms with van der Waals surface area (Å²) in [6.45, 7) is 5.21. The van der Waals surface area contributed by atoms with Gasteiger partial charge < -0.3 is 4.90 Å². The molecule has 2 aromatic rings. The average Bonchev–Trinajstić information content (AvgIpc) is 3.04. The van der Waals surface area contributed by atoms with Crippen LogP contribution in [0.3, 0.4) is 0 Å². The fraction of sp³-hybridized carbons (Fsp3) is 0.389. The predicted octanol–water partition coefficient (Wildman–Crippen LogP) is 4.07. The van der Waals surface area contributed by atoms with Crippen molar-refractivity contribution in [1.82, 2.24) is 9.21 Å². The monoisotopic (exact) mass is 446 g/mol. The van der Waals surface area contributed by atoms with Crippen LogP contribution in [-0.2, 0) is 16.4 Å². The molecule has 0 bridgehead atoms. The number of sulfonamides is 1. The zero-order valence-electron chi connectivity index (χ0n) is 15.0. The molecule has 9 heteroatoms. The summed E-state index contributed by atoms with van der Waals surface area (Å²) in [5.41, 5.74) is 1.18. The van der Waals surface area contributed by atoms with Crippen molar-refractivity contribution < 1.29 is 13.2 Å². The fourth-order valence-electron chi connectivity index (χ4n) is 3.09. The van der Waals surface area contributed by atoms with Gasteiger partial charge in [0.25, 0.3) is 5.91 Å². The summed E-state index contributed by atoms with van der Waals surface area (Å²) in [5, 5.41) is 0.227. The van der Waals surface area contributed by atoms with Gasteiger partial charge in [-0.05, 0) is 37.1 Å². The Hall–Kier alpha value is -1.12. The Kier molecular flexibility index (Phi) is 6.17. The van der Waals surface area contributed by atoms with E-state index in [9.17, 15) is 13.2 Å². The molecule has 5 nitrogen and oxygen atoms in total. The van der Waals surface area contributed by atoms with Crippen LogP contribution in [0.1, 0.15) is 27.0 Å². The van der Waals surface area contributed by atoms with Gasteiger partial charge >= 0.3 is 0 Å². The van der Waals surface area contributed by atoms with Crippen molar-refractivity contribution in [3.05, 3.63) is 49.6 Å². The average molecular weight is 447 g/mol. The van der Waals surface area contributed by atoms with E-state index in [0.29, 0.717) is 18.0 Å². The third-order valence-electron chi connectivity index (χ3n) is 4.67. The number of amides is 1. The molecule has 27 heavy (non-hydrogen) atoms. The van der Waals surface area contributed by atoms with Gasteiger partial charge in [-0.25, -0.2) is 8.42 Å². The number of thiophene rings is 1. The van der Waals surface area contributed by atoms with Crippen LogP contribution in [0.25, 0.3) is 0 Å². The summed E-state index contributed by atoms with van der Waals surface area (Å²) in [6.07, 6.45) is 0.891. The number of aryl methyl sites for hydroxylation is 2. The molecule has 3 rings (SSSR count). The summed E-state index contributed by atoms with van der Waals surface area (Å²) < 4.78 is 27.1. The minimum Gasteiger partial charge on any atom is -0.335 e. The molecule has 1 saturated heterocycles. The molecule has 0 unspecified atom stereocenters. The Bertz CT molecular complexity index is 965. The second-order valence-corrected chi connectivity index (χ2v) is 10.2. The second kappa shape index (κ2) is 8.09. The number of piperazine rings is 1. The van der Waals surface area contributed by atoms with Crippen molar-refractivity contribution in [3.8, 4) is 0 Å². The number of hydrogen-bond donors (Lipinski definition) is 0. The standard InChI is InChI=1S/C18H20Cl2N2O3S2/c1-3-13-11-15(26-12(13)2)18(23)21-7-9-22(10-8-21)27(24,25)16-6-4-5-14(19)17(16)20/h4-6,11H,3,7-10H2,1-2H3. The maximum atomic E-state index is 12.9. The molecule has 0 saturated carbocycles. The van der Waals surface area contributed by atoms with Crippen molar-refractivity contribution in [3.63, 3.8) is 0 Å². The predicted molar refractivity (Wildman–Crippen MR) is 110 cm³/mol. The van der Waals surface area contributed by atoms with Crippen LogP contribution < -0.4 is 0 Å². The molecule has 146 valence electrons. The van der Waals surface area contributed by atoms with E-state index in [-0.39, 0.29) is 33.9 Å². The van der Waals surface area contributed by atoms with E-state index in [1.54, 1.807) is 17.0 Å². The Labute approximate surface area is 173 Å². The molecule has 1 aliphatic rings. The number of carbonyl (C=O) groups excluding carboxylic acids is 1. The fourth-order valence-corrected chi connectivity index (χ4v) is 6.33. The number of halogens is 2. The quantitative estimate of drug-likeness (QED) is 0.710. The summed E-state index contributed by atoms with van der Waals surface area (Å²) in [5.74, 6) is -0.0411. The van der Waals surface area contributed by atoms with Gasteiger partial charge in [0.2, 0.25) is 10.0 Å². The van der Waals surface area contributed by atoms with Crippen molar-refractivity contribution in [2.75, 3.05) is 26.2 Å². The summed E-state index contributed by atoms with van der Waals surface area (Å²) in [4.78, 5) is 16.3. The van der Waals surface area contributed by atoms with E-state index in [0.717, 1.165) is 11.3 Å². The molecule has 0 atom stereocenters. The third-order valence-corrected chi connectivity index (χ3v) is 8.62. The molecule has 1 fully saturated rings. The summed E-state index contributed by atoms with van der Waals surface area (Å²) in [7, 11) is -3.75. The van der Waals surface area contributed by atoms with Gasteiger partial charge in [-0.3, -0.25) is 4.79 Å². The number of benzene rings is 1. The first kappa shape index (κ1) is 20.6. The van der Waals surface area contributed by atoms with Gasteiger partial charge in [0, 0.05) is 31.1 Å². The first-order valence-electron chi connectivity index (χ1n) is 8.58. The van der Waals surface area contributed by atoms with Crippen LogP contribution >= 0.6 is 34.5 Å². The lowest BCUT2D eigenvalue weighted by Gasteiger charge is -2.34. The lowest BCUT2D eigenvalue weighted by Crippen LogP contribution is -2.50. The highest BCUT2D eigenvalue weighted by Gasteiger charge is 2.32. The van der Waals surface area contributed by atoms with Crippen LogP contribution in [0.2, 0.25) is 10.0 Å². The van der Waals surface area contributed by atoms with Crippen LogP contribution in [0.5, 0.6) is 0 Å². The van der Waals surface area contributed by atoms with Crippen LogP contribution in [-0.4, -0.2) is 49.7 Å². The van der Waals surface area contributed by atoms with Crippen LogP contribution in [0, 0.1) is 6.92 Å². The van der Waals surface area contributed by atoms with E-state index < -0.39 is 10.0 Å². The van der Waals surface area contributed by atoms with Crippen molar-refractivity contribution in [2.45, 2.75) is 25.2 Å². The number of rotatable bonds is 4.